The Kier molecular flexibility index (Phi) is 3.92. The van der Waals surface area contributed by atoms with Crippen molar-refractivity contribution >= 4 is 0 Å². The summed E-state index contributed by atoms with van der Waals surface area (Å²) in [6.07, 6.45) is -2.19. The number of aliphatic hydroxyl groups excluding tert-OH is 1. The third-order valence-electron chi connectivity index (χ3n) is 2.97. The first-order valence-electron chi connectivity index (χ1n) is 6.03. The average Bonchev–Trinajstić information content (AvgIpc) is 3.09. The second-order valence-electron chi connectivity index (χ2n) is 4.74. The van der Waals surface area contributed by atoms with Crippen LogP contribution in [0.1, 0.15) is 24.0 Å². The highest BCUT2D eigenvalue weighted by Gasteiger charge is 2.30. The minimum Gasteiger partial charge on any atom is -0.391 e. The van der Waals surface area contributed by atoms with Crippen molar-refractivity contribution in [3.05, 3.63) is 35.4 Å². The van der Waals surface area contributed by atoms with Crippen molar-refractivity contribution in [3.8, 4) is 0 Å². The summed E-state index contributed by atoms with van der Waals surface area (Å²) in [4.78, 5) is 0. The Bertz CT molecular complexity index is 384. The molecule has 0 spiro atoms. The minimum absolute atomic E-state index is 0.373. The SMILES string of the molecule is OC(CNC1CC1)Cc1ccc(C(F)(F)F)cc1. The Labute approximate surface area is 104 Å². The topological polar surface area (TPSA) is 32.3 Å². The summed E-state index contributed by atoms with van der Waals surface area (Å²) < 4.78 is 37.0. The highest BCUT2D eigenvalue weighted by molar-refractivity contribution is 5.25. The van der Waals surface area contributed by atoms with E-state index < -0.39 is 17.8 Å². The molecular formula is C13H16F3NO. The van der Waals surface area contributed by atoms with Crippen LogP contribution < -0.4 is 5.32 Å². The van der Waals surface area contributed by atoms with Crippen molar-refractivity contribution < 1.29 is 18.3 Å². The van der Waals surface area contributed by atoms with Crippen LogP contribution >= 0.6 is 0 Å². The number of nitrogens with one attached hydrogen (secondary N) is 1. The van der Waals surface area contributed by atoms with Gasteiger partial charge in [-0.1, -0.05) is 12.1 Å². The lowest BCUT2D eigenvalue weighted by atomic mass is 10.1. The van der Waals surface area contributed by atoms with Crippen LogP contribution in [0.25, 0.3) is 0 Å². The molecule has 0 bridgehead atoms. The molecule has 5 heteroatoms. The van der Waals surface area contributed by atoms with E-state index in [2.05, 4.69) is 5.32 Å². The van der Waals surface area contributed by atoms with Crippen LogP contribution in [0, 0.1) is 0 Å². The van der Waals surface area contributed by atoms with E-state index in [9.17, 15) is 18.3 Å². The molecule has 0 heterocycles. The summed E-state index contributed by atoms with van der Waals surface area (Å²) in [7, 11) is 0. The largest absolute Gasteiger partial charge is 0.416 e. The van der Waals surface area contributed by atoms with Crippen molar-refractivity contribution in [2.45, 2.75) is 37.6 Å². The van der Waals surface area contributed by atoms with E-state index in [-0.39, 0.29) is 0 Å². The first-order chi connectivity index (χ1) is 8.45. The van der Waals surface area contributed by atoms with Crippen LogP contribution in [0.5, 0.6) is 0 Å². The maximum Gasteiger partial charge on any atom is 0.416 e. The van der Waals surface area contributed by atoms with Gasteiger partial charge in [-0.2, -0.15) is 13.2 Å². The zero-order valence-corrected chi connectivity index (χ0v) is 9.87. The van der Waals surface area contributed by atoms with Gasteiger partial charge < -0.3 is 10.4 Å². The highest BCUT2D eigenvalue weighted by atomic mass is 19.4. The maximum atomic E-state index is 12.3. The van der Waals surface area contributed by atoms with Gasteiger partial charge in [-0.25, -0.2) is 0 Å². The van der Waals surface area contributed by atoms with Crippen LogP contribution in [0.15, 0.2) is 24.3 Å². The van der Waals surface area contributed by atoms with E-state index >= 15 is 0 Å². The van der Waals surface area contributed by atoms with Crippen molar-refractivity contribution in [2.75, 3.05) is 6.54 Å². The minimum atomic E-state index is -4.30. The number of hydrogen-bond acceptors (Lipinski definition) is 2. The molecule has 1 atom stereocenters. The van der Waals surface area contributed by atoms with Crippen molar-refractivity contribution in [3.63, 3.8) is 0 Å². The van der Waals surface area contributed by atoms with E-state index in [1.165, 1.54) is 12.1 Å². The molecule has 0 saturated heterocycles. The van der Waals surface area contributed by atoms with Crippen LogP contribution in [0.3, 0.4) is 0 Å². The molecular weight excluding hydrogens is 243 g/mol. The Morgan fingerprint density at radius 2 is 1.83 bits per heavy atom. The van der Waals surface area contributed by atoms with Crippen molar-refractivity contribution in [1.29, 1.82) is 0 Å². The lowest BCUT2D eigenvalue weighted by Crippen LogP contribution is -2.29. The molecule has 1 unspecified atom stereocenters. The summed E-state index contributed by atoms with van der Waals surface area (Å²) in [6, 6.07) is 5.46. The van der Waals surface area contributed by atoms with Crippen LogP contribution in [-0.2, 0) is 12.6 Å². The second-order valence-corrected chi connectivity index (χ2v) is 4.74. The quantitative estimate of drug-likeness (QED) is 0.850. The number of benzene rings is 1. The fourth-order valence-electron chi connectivity index (χ4n) is 1.76. The molecule has 0 radical (unpaired) electrons. The summed E-state index contributed by atoms with van der Waals surface area (Å²) in [6.45, 7) is 0.492. The van der Waals surface area contributed by atoms with Gasteiger partial charge in [0.15, 0.2) is 0 Å². The number of rotatable bonds is 5. The zero-order valence-electron chi connectivity index (χ0n) is 9.87. The van der Waals surface area contributed by atoms with Gasteiger partial charge in [-0.15, -0.1) is 0 Å². The first-order valence-corrected chi connectivity index (χ1v) is 6.03. The third-order valence-corrected chi connectivity index (χ3v) is 2.97. The maximum absolute atomic E-state index is 12.3. The fourth-order valence-corrected chi connectivity index (χ4v) is 1.76. The van der Waals surface area contributed by atoms with E-state index in [1.54, 1.807) is 0 Å². The molecule has 1 aromatic rings. The normalized spacial score (nSPS) is 17.8. The number of halogens is 3. The van der Waals surface area contributed by atoms with Crippen LogP contribution in [-0.4, -0.2) is 23.8 Å². The van der Waals surface area contributed by atoms with Crippen LogP contribution in [0.4, 0.5) is 13.2 Å². The van der Waals surface area contributed by atoms with Crippen molar-refractivity contribution in [1.82, 2.24) is 5.32 Å². The predicted octanol–water partition coefficient (Wildman–Crippen LogP) is 2.36. The molecule has 0 aromatic heterocycles. The summed E-state index contributed by atoms with van der Waals surface area (Å²) in [5.41, 5.74) is 0.0601. The molecule has 0 aliphatic heterocycles. The number of alkyl halides is 3. The van der Waals surface area contributed by atoms with Gasteiger partial charge >= 0.3 is 6.18 Å². The zero-order chi connectivity index (χ0) is 13.2. The van der Waals surface area contributed by atoms with Gasteiger partial charge in [-0.3, -0.25) is 0 Å². The third kappa shape index (κ3) is 3.99. The first kappa shape index (κ1) is 13.4. The molecule has 1 fully saturated rings. The Hall–Kier alpha value is -1.07. The smallest absolute Gasteiger partial charge is 0.391 e. The van der Waals surface area contributed by atoms with Gasteiger partial charge in [0.05, 0.1) is 11.7 Å². The van der Waals surface area contributed by atoms with Crippen LogP contribution in [0.2, 0.25) is 0 Å². The molecule has 18 heavy (non-hydrogen) atoms. The van der Waals surface area contributed by atoms with E-state index in [1.807, 2.05) is 0 Å². The summed E-state index contributed by atoms with van der Waals surface area (Å²) in [5, 5.41) is 12.9. The lowest BCUT2D eigenvalue weighted by molar-refractivity contribution is -0.137. The standard InChI is InChI=1S/C13H16F3NO/c14-13(15,16)10-3-1-9(2-4-10)7-12(18)8-17-11-5-6-11/h1-4,11-12,17-18H,5-8H2. The predicted molar refractivity (Wildman–Crippen MR) is 62.2 cm³/mol. The van der Waals surface area contributed by atoms with Gasteiger partial charge in [0, 0.05) is 12.6 Å². The molecule has 0 amide bonds. The summed E-state index contributed by atoms with van der Waals surface area (Å²) in [5.74, 6) is 0. The van der Waals surface area contributed by atoms with E-state index in [0.717, 1.165) is 25.0 Å². The molecule has 2 rings (SSSR count). The van der Waals surface area contributed by atoms with Crippen molar-refractivity contribution in [2.24, 2.45) is 0 Å². The molecule has 1 aliphatic rings. The molecule has 1 saturated carbocycles. The van der Waals surface area contributed by atoms with E-state index in [4.69, 9.17) is 0 Å². The lowest BCUT2D eigenvalue weighted by Gasteiger charge is -2.12. The molecule has 1 aliphatic carbocycles. The summed E-state index contributed by atoms with van der Waals surface area (Å²) >= 11 is 0. The Morgan fingerprint density at radius 3 is 2.33 bits per heavy atom. The highest BCUT2D eigenvalue weighted by Crippen LogP contribution is 2.29. The number of hydrogen-bond donors (Lipinski definition) is 2. The molecule has 2 nitrogen and oxygen atoms in total. The monoisotopic (exact) mass is 259 g/mol. The average molecular weight is 259 g/mol. The van der Waals surface area contributed by atoms with Gasteiger partial charge in [0.25, 0.3) is 0 Å². The van der Waals surface area contributed by atoms with Gasteiger partial charge in [0.2, 0.25) is 0 Å². The second kappa shape index (κ2) is 5.28. The van der Waals surface area contributed by atoms with Gasteiger partial charge in [-0.05, 0) is 37.0 Å². The Balaban J connectivity index is 1.84. The molecule has 1 aromatic carbocycles. The Morgan fingerprint density at radius 1 is 1.22 bits per heavy atom. The fraction of sp³-hybridized carbons (Fsp3) is 0.538. The van der Waals surface area contributed by atoms with E-state index in [0.29, 0.717) is 24.6 Å². The van der Waals surface area contributed by atoms with Gasteiger partial charge in [0.1, 0.15) is 0 Å². The molecule has 100 valence electrons. The number of aliphatic hydroxyl groups is 1. The molecule has 2 N–H and O–H groups in total.